The van der Waals surface area contributed by atoms with Gasteiger partial charge in [0.1, 0.15) is 11.4 Å². The Morgan fingerprint density at radius 1 is 0.906 bits per heavy atom. The van der Waals surface area contributed by atoms with Crippen LogP contribution in [0.3, 0.4) is 0 Å². The zero-order valence-electron chi connectivity index (χ0n) is 18.8. The SMILES string of the molecule is CCCCc1cccc(Nc2nc(Nc3ccc(C(C)(C)C)cc3)ncc2C(F)(F)F)c1. The molecule has 0 fully saturated rings. The zero-order chi connectivity index (χ0) is 23.4. The van der Waals surface area contributed by atoms with E-state index >= 15 is 0 Å². The molecule has 0 amide bonds. The third-order valence-corrected chi connectivity index (χ3v) is 5.11. The van der Waals surface area contributed by atoms with Gasteiger partial charge in [0.2, 0.25) is 5.95 Å². The van der Waals surface area contributed by atoms with Crippen molar-refractivity contribution < 1.29 is 13.2 Å². The van der Waals surface area contributed by atoms with E-state index < -0.39 is 11.7 Å². The molecule has 0 spiro atoms. The average molecular weight is 443 g/mol. The third-order valence-electron chi connectivity index (χ3n) is 5.11. The quantitative estimate of drug-likeness (QED) is 0.395. The molecule has 0 bridgehead atoms. The average Bonchev–Trinajstić information content (AvgIpc) is 2.71. The van der Waals surface area contributed by atoms with E-state index in [1.54, 1.807) is 6.07 Å². The zero-order valence-corrected chi connectivity index (χ0v) is 18.8. The Morgan fingerprint density at radius 3 is 2.25 bits per heavy atom. The number of anilines is 4. The maximum absolute atomic E-state index is 13.6. The second kappa shape index (κ2) is 9.59. The second-order valence-electron chi connectivity index (χ2n) is 8.83. The molecular weight excluding hydrogens is 413 g/mol. The first-order valence-corrected chi connectivity index (χ1v) is 10.7. The molecule has 2 N–H and O–H groups in total. The summed E-state index contributed by atoms with van der Waals surface area (Å²) in [5.41, 5.74) is 2.57. The first-order valence-electron chi connectivity index (χ1n) is 10.7. The van der Waals surface area contributed by atoms with Crippen molar-refractivity contribution in [1.29, 1.82) is 0 Å². The van der Waals surface area contributed by atoms with Crippen LogP contribution in [0, 0.1) is 0 Å². The number of unbranched alkanes of at least 4 members (excludes halogenated alkanes) is 1. The first-order chi connectivity index (χ1) is 15.1. The number of halogens is 3. The largest absolute Gasteiger partial charge is 0.421 e. The summed E-state index contributed by atoms with van der Waals surface area (Å²) in [6.07, 6.45) is -0.823. The Hall–Kier alpha value is -3.09. The number of nitrogens with zero attached hydrogens (tertiary/aromatic N) is 2. The number of aromatic nitrogens is 2. The number of aryl methyl sites for hydroxylation is 1. The molecule has 0 aliphatic carbocycles. The summed E-state index contributed by atoms with van der Waals surface area (Å²) in [4.78, 5) is 8.03. The van der Waals surface area contributed by atoms with Gasteiger partial charge in [0, 0.05) is 17.6 Å². The Morgan fingerprint density at radius 2 is 1.62 bits per heavy atom. The highest BCUT2D eigenvalue weighted by Crippen LogP contribution is 2.35. The molecule has 1 aromatic heterocycles. The third kappa shape index (κ3) is 6.22. The molecule has 3 rings (SSSR count). The molecule has 0 radical (unpaired) electrons. The van der Waals surface area contributed by atoms with Crippen LogP contribution in [0.4, 0.5) is 36.3 Å². The van der Waals surface area contributed by atoms with Crippen LogP contribution in [0.1, 0.15) is 57.2 Å². The van der Waals surface area contributed by atoms with Crippen molar-refractivity contribution in [1.82, 2.24) is 9.97 Å². The summed E-state index contributed by atoms with van der Waals surface area (Å²) in [5.74, 6) is -0.194. The van der Waals surface area contributed by atoms with Crippen LogP contribution >= 0.6 is 0 Å². The molecule has 3 aromatic rings. The van der Waals surface area contributed by atoms with E-state index in [0.29, 0.717) is 11.4 Å². The number of rotatable bonds is 7. The van der Waals surface area contributed by atoms with Crippen molar-refractivity contribution in [3.8, 4) is 0 Å². The Bertz CT molecular complexity index is 1040. The molecule has 170 valence electrons. The highest BCUT2D eigenvalue weighted by atomic mass is 19.4. The molecular formula is C25H29F3N4. The van der Waals surface area contributed by atoms with Crippen LogP contribution in [0.2, 0.25) is 0 Å². The predicted octanol–water partition coefficient (Wildman–Crippen LogP) is 7.62. The molecule has 0 aliphatic heterocycles. The van der Waals surface area contributed by atoms with Crippen molar-refractivity contribution >= 4 is 23.1 Å². The molecule has 4 nitrogen and oxygen atoms in total. The molecule has 0 saturated carbocycles. The van der Waals surface area contributed by atoms with Gasteiger partial charge in [-0.05, 0) is 53.6 Å². The van der Waals surface area contributed by atoms with E-state index in [9.17, 15) is 13.2 Å². The normalized spacial score (nSPS) is 12.0. The van der Waals surface area contributed by atoms with E-state index in [2.05, 4.69) is 48.3 Å². The minimum atomic E-state index is -4.57. The fourth-order valence-electron chi connectivity index (χ4n) is 3.25. The van der Waals surface area contributed by atoms with Crippen LogP contribution in [0.15, 0.2) is 54.7 Å². The van der Waals surface area contributed by atoms with Crippen LogP contribution in [-0.2, 0) is 18.0 Å². The maximum Gasteiger partial charge on any atom is 0.421 e. The summed E-state index contributed by atoms with van der Waals surface area (Å²) in [6, 6.07) is 15.1. The number of benzene rings is 2. The van der Waals surface area contributed by atoms with E-state index in [0.717, 1.165) is 36.6 Å². The molecule has 0 atom stereocenters. The second-order valence-corrected chi connectivity index (χ2v) is 8.83. The van der Waals surface area contributed by atoms with Gasteiger partial charge < -0.3 is 10.6 Å². The smallest absolute Gasteiger partial charge is 0.340 e. The lowest BCUT2D eigenvalue weighted by atomic mass is 9.87. The highest BCUT2D eigenvalue weighted by molar-refractivity contribution is 5.63. The van der Waals surface area contributed by atoms with Crippen LogP contribution < -0.4 is 10.6 Å². The molecule has 0 aliphatic rings. The number of hydrogen-bond donors (Lipinski definition) is 2. The van der Waals surface area contributed by atoms with Gasteiger partial charge in [-0.25, -0.2) is 4.98 Å². The Kier molecular flexibility index (Phi) is 7.06. The van der Waals surface area contributed by atoms with Gasteiger partial charge in [-0.3, -0.25) is 0 Å². The van der Waals surface area contributed by atoms with Gasteiger partial charge in [0.15, 0.2) is 0 Å². The summed E-state index contributed by atoms with van der Waals surface area (Å²) in [7, 11) is 0. The maximum atomic E-state index is 13.6. The molecule has 2 aromatic carbocycles. The van der Waals surface area contributed by atoms with Gasteiger partial charge in [-0.15, -0.1) is 0 Å². The first kappa shape index (κ1) is 23.6. The molecule has 1 heterocycles. The van der Waals surface area contributed by atoms with E-state index in [4.69, 9.17) is 0 Å². The van der Waals surface area contributed by atoms with Gasteiger partial charge in [-0.1, -0.05) is 58.4 Å². The Balaban J connectivity index is 1.87. The van der Waals surface area contributed by atoms with Crippen LogP contribution in [0.25, 0.3) is 0 Å². The molecule has 7 heteroatoms. The fourth-order valence-corrected chi connectivity index (χ4v) is 3.25. The van der Waals surface area contributed by atoms with E-state index in [1.165, 1.54) is 0 Å². The minimum absolute atomic E-state index is 0.00609. The summed E-state index contributed by atoms with van der Waals surface area (Å²) >= 11 is 0. The van der Waals surface area contributed by atoms with Crippen molar-refractivity contribution in [3.05, 3.63) is 71.4 Å². The lowest BCUT2D eigenvalue weighted by Gasteiger charge is -2.19. The summed E-state index contributed by atoms with van der Waals surface area (Å²) in [6.45, 7) is 8.45. The van der Waals surface area contributed by atoms with Crippen molar-refractivity contribution in [2.45, 2.75) is 58.5 Å². The van der Waals surface area contributed by atoms with E-state index in [-0.39, 0.29) is 17.2 Å². The number of nitrogens with one attached hydrogen (secondary N) is 2. The molecule has 0 saturated heterocycles. The molecule has 0 unspecified atom stereocenters. The van der Waals surface area contributed by atoms with Gasteiger partial charge in [0.05, 0.1) is 0 Å². The summed E-state index contributed by atoms with van der Waals surface area (Å²) < 4.78 is 40.7. The van der Waals surface area contributed by atoms with Crippen LogP contribution in [0.5, 0.6) is 0 Å². The predicted molar refractivity (Wildman–Crippen MR) is 124 cm³/mol. The Labute approximate surface area is 187 Å². The van der Waals surface area contributed by atoms with Gasteiger partial charge >= 0.3 is 6.18 Å². The standard InChI is InChI=1S/C25H29F3N4/c1-5-6-8-17-9-7-10-20(15-17)30-22-21(25(26,27)28)16-29-23(32-22)31-19-13-11-18(12-14-19)24(2,3)4/h7,9-16H,5-6,8H2,1-4H3,(H2,29,30,31,32). The number of hydrogen-bond acceptors (Lipinski definition) is 4. The van der Waals surface area contributed by atoms with Crippen LogP contribution in [-0.4, -0.2) is 9.97 Å². The lowest BCUT2D eigenvalue weighted by Crippen LogP contribution is -2.13. The van der Waals surface area contributed by atoms with Crippen molar-refractivity contribution in [2.75, 3.05) is 10.6 Å². The summed E-state index contributed by atoms with van der Waals surface area (Å²) in [5, 5.41) is 5.84. The highest BCUT2D eigenvalue weighted by Gasteiger charge is 2.35. The fraction of sp³-hybridized carbons (Fsp3) is 0.360. The van der Waals surface area contributed by atoms with Crippen molar-refractivity contribution in [3.63, 3.8) is 0 Å². The monoisotopic (exact) mass is 442 g/mol. The topological polar surface area (TPSA) is 49.8 Å². The van der Waals surface area contributed by atoms with Gasteiger partial charge in [-0.2, -0.15) is 18.2 Å². The van der Waals surface area contributed by atoms with Gasteiger partial charge in [0.25, 0.3) is 0 Å². The lowest BCUT2D eigenvalue weighted by molar-refractivity contribution is -0.137. The van der Waals surface area contributed by atoms with Crippen molar-refractivity contribution in [2.24, 2.45) is 0 Å². The number of alkyl halides is 3. The molecule has 32 heavy (non-hydrogen) atoms. The van der Waals surface area contributed by atoms with E-state index in [1.807, 2.05) is 42.5 Å². The minimum Gasteiger partial charge on any atom is -0.340 e.